The molecule has 1 unspecified atom stereocenters. The lowest BCUT2D eigenvalue weighted by Gasteiger charge is -2.32. The Kier molecular flexibility index (Phi) is 7.87. The summed E-state index contributed by atoms with van der Waals surface area (Å²) in [6.07, 6.45) is 3.37. The van der Waals surface area contributed by atoms with Crippen molar-refractivity contribution in [1.82, 2.24) is 25.1 Å². The Morgan fingerprint density at radius 1 is 1.05 bits per heavy atom. The average molecular weight is 564 g/mol. The monoisotopic (exact) mass is 563 g/mol. The molecule has 1 aliphatic rings. The summed E-state index contributed by atoms with van der Waals surface area (Å²) < 4.78 is 12.3. The molecule has 3 aromatic heterocycles. The number of anilines is 2. The van der Waals surface area contributed by atoms with Gasteiger partial charge in [-0.2, -0.15) is 0 Å². The maximum absolute atomic E-state index is 6.23. The van der Waals surface area contributed by atoms with E-state index in [0.717, 1.165) is 59.3 Å². The van der Waals surface area contributed by atoms with Crippen molar-refractivity contribution >= 4 is 38.6 Å². The molecule has 0 bridgehead atoms. The molecule has 1 aromatic carbocycles. The van der Waals surface area contributed by atoms with Crippen molar-refractivity contribution in [3.8, 4) is 22.5 Å². The molecule has 4 heterocycles. The van der Waals surface area contributed by atoms with Gasteiger partial charge in [-0.05, 0) is 74.1 Å². The zero-order chi connectivity index (χ0) is 25.8. The number of piperidine rings is 1. The number of ether oxygens (including phenoxy) is 2. The van der Waals surface area contributed by atoms with E-state index in [1.54, 1.807) is 0 Å². The highest BCUT2D eigenvalue weighted by Gasteiger charge is 2.22. The molecule has 0 saturated carbocycles. The maximum Gasteiger partial charge on any atom is 0.165 e. The number of hydrogen-bond acceptors (Lipinski definition) is 9. The zero-order valence-electron chi connectivity index (χ0n) is 21.0. The number of benzene rings is 1. The number of pyridine rings is 1. The first-order valence-electron chi connectivity index (χ1n) is 12.5. The molecule has 192 valence electrons. The quantitative estimate of drug-likeness (QED) is 0.292. The topological polar surface area (TPSA) is 112 Å². The summed E-state index contributed by atoms with van der Waals surface area (Å²) in [5.74, 6) is 1.78. The van der Waals surface area contributed by atoms with Gasteiger partial charge in [0.1, 0.15) is 17.8 Å². The summed E-state index contributed by atoms with van der Waals surface area (Å²) in [5.41, 5.74) is 9.98. The van der Waals surface area contributed by atoms with Gasteiger partial charge in [-0.3, -0.25) is 0 Å². The Labute approximate surface area is 224 Å². The van der Waals surface area contributed by atoms with Crippen molar-refractivity contribution < 1.29 is 9.47 Å². The summed E-state index contributed by atoms with van der Waals surface area (Å²) in [5, 5.41) is 9.78. The highest BCUT2D eigenvalue weighted by atomic mass is 79.9. The number of hydrogen-bond donors (Lipinski definition) is 1. The number of halogens is 1. The number of nitrogens with two attached hydrogens (primary N) is 1. The second kappa shape index (κ2) is 11.5. The summed E-state index contributed by atoms with van der Waals surface area (Å²) in [7, 11) is 0. The molecule has 37 heavy (non-hydrogen) atoms. The fraction of sp³-hybridized carbons (Fsp3) is 0.370. The van der Waals surface area contributed by atoms with Crippen LogP contribution < -0.4 is 10.6 Å². The van der Waals surface area contributed by atoms with Crippen LogP contribution in [-0.4, -0.2) is 57.7 Å². The predicted molar refractivity (Wildman–Crippen MR) is 148 cm³/mol. The van der Waals surface area contributed by atoms with E-state index in [9.17, 15) is 0 Å². The maximum atomic E-state index is 6.23. The molecule has 0 radical (unpaired) electrons. The van der Waals surface area contributed by atoms with E-state index in [1.807, 2.05) is 56.3 Å². The van der Waals surface area contributed by atoms with Crippen molar-refractivity contribution in [1.29, 1.82) is 0 Å². The number of fused-ring (bicyclic) bond motifs is 1. The first kappa shape index (κ1) is 25.4. The lowest BCUT2D eigenvalue weighted by Crippen LogP contribution is -2.36. The van der Waals surface area contributed by atoms with Crippen LogP contribution in [0.2, 0.25) is 0 Å². The first-order valence-corrected chi connectivity index (χ1v) is 13.3. The second-order valence-electron chi connectivity index (χ2n) is 9.09. The van der Waals surface area contributed by atoms with Crippen LogP contribution in [0.15, 0.2) is 53.3 Å². The van der Waals surface area contributed by atoms with Crippen LogP contribution >= 0.6 is 15.9 Å². The van der Waals surface area contributed by atoms with Gasteiger partial charge in [0, 0.05) is 24.2 Å². The van der Waals surface area contributed by atoms with Crippen molar-refractivity contribution in [3.63, 3.8) is 0 Å². The van der Waals surface area contributed by atoms with Crippen molar-refractivity contribution in [2.75, 3.05) is 36.9 Å². The number of rotatable bonds is 8. The second-order valence-corrected chi connectivity index (χ2v) is 10.0. The molecule has 10 heteroatoms. The van der Waals surface area contributed by atoms with E-state index in [-0.39, 0.29) is 6.29 Å². The molecule has 2 N–H and O–H groups in total. The molecule has 1 atom stereocenters. The largest absolute Gasteiger partial charge is 0.383 e. The van der Waals surface area contributed by atoms with Crippen molar-refractivity contribution in [2.24, 2.45) is 5.92 Å². The van der Waals surface area contributed by atoms with Gasteiger partial charge >= 0.3 is 0 Å². The first-order chi connectivity index (χ1) is 18.0. The third-order valence-corrected chi connectivity index (χ3v) is 7.08. The predicted octanol–water partition coefficient (Wildman–Crippen LogP) is 5.11. The molecule has 0 aliphatic carbocycles. The minimum atomic E-state index is -0.156. The van der Waals surface area contributed by atoms with Crippen molar-refractivity contribution in [3.05, 3.63) is 53.3 Å². The molecular weight excluding hydrogens is 534 g/mol. The fourth-order valence-electron chi connectivity index (χ4n) is 4.62. The van der Waals surface area contributed by atoms with Gasteiger partial charge < -0.3 is 20.1 Å². The Morgan fingerprint density at radius 2 is 1.89 bits per heavy atom. The molecule has 1 saturated heterocycles. The highest BCUT2D eigenvalue weighted by Crippen LogP contribution is 2.34. The molecule has 5 rings (SSSR count). The van der Waals surface area contributed by atoms with Crippen LogP contribution in [0.5, 0.6) is 0 Å². The summed E-state index contributed by atoms with van der Waals surface area (Å²) >= 11 is 3.56. The Bertz CT molecular complexity index is 1360. The van der Waals surface area contributed by atoms with Crippen LogP contribution in [0.25, 0.3) is 33.5 Å². The number of nitrogen functional groups attached to an aromatic ring is 1. The van der Waals surface area contributed by atoms with Crippen LogP contribution in [0.4, 0.5) is 11.6 Å². The van der Waals surface area contributed by atoms with Crippen molar-refractivity contribution in [2.45, 2.75) is 33.0 Å². The Balaban J connectivity index is 1.34. The average Bonchev–Trinajstić information content (AvgIpc) is 2.92. The molecular formula is C27H30BrN7O2. The Hall–Kier alpha value is -3.21. The van der Waals surface area contributed by atoms with E-state index >= 15 is 0 Å². The lowest BCUT2D eigenvalue weighted by atomic mass is 9.98. The number of nitrogens with zero attached hydrogens (tertiary/aromatic N) is 6. The van der Waals surface area contributed by atoms with E-state index in [4.69, 9.17) is 20.2 Å². The van der Waals surface area contributed by atoms with E-state index in [0.29, 0.717) is 35.4 Å². The normalized spacial score (nSPS) is 15.3. The lowest BCUT2D eigenvalue weighted by molar-refractivity contribution is -0.136. The van der Waals surface area contributed by atoms with Gasteiger partial charge in [0.25, 0.3) is 0 Å². The van der Waals surface area contributed by atoms with Crippen LogP contribution in [0.3, 0.4) is 0 Å². The fourth-order valence-corrected chi connectivity index (χ4v) is 5.02. The van der Waals surface area contributed by atoms with Gasteiger partial charge in [-0.15, -0.1) is 10.2 Å². The minimum Gasteiger partial charge on any atom is -0.383 e. The summed E-state index contributed by atoms with van der Waals surface area (Å²) in [4.78, 5) is 15.6. The molecule has 1 aliphatic heterocycles. The van der Waals surface area contributed by atoms with Crippen LogP contribution in [-0.2, 0) is 9.47 Å². The highest BCUT2D eigenvalue weighted by molar-refractivity contribution is 9.10. The Morgan fingerprint density at radius 3 is 2.62 bits per heavy atom. The standard InChI is InChI=1S/C27H30BrN7O2/c1-3-36-17(2)37-15-18-9-11-35(12-10-18)24-8-7-22(33-34-24)23-14-21(19-5-4-6-20(28)13-19)25-26(29)30-16-31-27(25)32-23/h4-8,13-14,16-18H,3,9-12,15H2,1-2H3,(H2,29,30,31,32). The van der Waals surface area contributed by atoms with Crippen LogP contribution in [0, 0.1) is 5.92 Å². The smallest absolute Gasteiger partial charge is 0.165 e. The van der Waals surface area contributed by atoms with E-state index in [2.05, 4.69) is 41.0 Å². The molecule has 0 amide bonds. The van der Waals surface area contributed by atoms with E-state index in [1.165, 1.54) is 6.33 Å². The van der Waals surface area contributed by atoms with E-state index < -0.39 is 0 Å². The summed E-state index contributed by atoms with van der Waals surface area (Å²) in [6.45, 7) is 7.15. The molecule has 1 fully saturated rings. The van der Waals surface area contributed by atoms with Gasteiger partial charge in [-0.1, -0.05) is 28.1 Å². The molecule has 4 aromatic rings. The van der Waals surface area contributed by atoms with Gasteiger partial charge in [0.15, 0.2) is 17.8 Å². The van der Waals surface area contributed by atoms with Gasteiger partial charge in [0.2, 0.25) is 0 Å². The molecule has 0 spiro atoms. The summed E-state index contributed by atoms with van der Waals surface area (Å²) in [6, 6.07) is 14.0. The van der Waals surface area contributed by atoms with Gasteiger partial charge in [0.05, 0.1) is 17.7 Å². The third kappa shape index (κ3) is 5.87. The minimum absolute atomic E-state index is 0.156. The van der Waals surface area contributed by atoms with Crippen LogP contribution in [0.1, 0.15) is 26.7 Å². The third-order valence-electron chi connectivity index (χ3n) is 6.59. The van der Waals surface area contributed by atoms with Gasteiger partial charge in [-0.25, -0.2) is 15.0 Å². The molecule has 9 nitrogen and oxygen atoms in total. The SMILES string of the molecule is CCOC(C)OCC1CCN(c2ccc(-c3cc(-c4cccc(Br)c4)c4c(N)ncnc4n3)nn2)CC1. The number of aromatic nitrogens is 5. The zero-order valence-corrected chi connectivity index (χ0v) is 22.6.